The Kier molecular flexibility index (Phi) is 4.12. The van der Waals surface area contributed by atoms with E-state index in [9.17, 15) is 14.7 Å². The summed E-state index contributed by atoms with van der Waals surface area (Å²) in [4.78, 5) is 26.0. The van der Waals surface area contributed by atoms with Crippen molar-refractivity contribution in [1.82, 2.24) is 4.57 Å². The average Bonchev–Trinajstić information content (AvgIpc) is 3.16. The smallest absolute Gasteiger partial charge is 0.341 e. The Labute approximate surface area is 171 Å². The molecule has 9 heteroatoms. The number of rotatable bonds is 3. The number of anilines is 1. The van der Waals surface area contributed by atoms with Crippen molar-refractivity contribution in [2.24, 2.45) is 11.7 Å². The first kappa shape index (κ1) is 19.3. The van der Waals surface area contributed by atoms with Crippen LogP contribution in [0, 0.1) is 17.6 Å². The van der Waals surface area contributed by atoms with Gasteiger partial charge in [0.15, 0.2) is 17.4 Å². The van der Waals surface area contributed by atoms with Crippen molar-refractivity contribution < 1.29 is 23.4 Å². The van der Waals surface area contributed by atoms with Crippen LogP contribution in [0.2, 0.25) is 0 Å². The summed E-state index contributed by atoms with van der Waals surface area (Å²) >= 11 is 0. The molecule has 2 aliphatic heterocycles. The van der Waals surface area contributed by atoms with E-state index in [2.05, 4.69) is 0 Å². The molecule has 3 heterocycles. The molecule has 2 fully saturated rings. The number of nitrogens with two attached hydrogens (primary N) is 1. The van der Waals surface area contributed by atoms with Gasteiger partial charge in [0.25, 0.3) is 5.56 Å². The van der Waals surface area contributed by atoms with Gasteiger partial charge in [0, 0.05) is 24.0 Å². The Balaban J connectivity index is 1.72. The minimum Gasteiger partial charge on any atom is -0.487 e. The molecule has 0 unspecified atom stereocenters. The predicted octanol–water partition coefficient (Wildman–Crippen LogP) is 2.64. The molecule has 0 spiro atoms. The van der Waals surface area contributed by atoms with Crippen LogP contribution in [0.1, 0.15) is 49.0 Å². The van der Waals surface area contributed by atoms with Crippen molar-refractivity contribution in [3.8, 4) is 5.75 Å². The summed E-state index contributed by atoms with van der Waals surface area (Å²) in [6.07, 6.45) is 3.71. The topological polar surface area (TPSA) is 97.8 Å². The summed E-state index contributed by atoms with van der Waals surface area (Å²) in [5, 5.41) is 9.10. The van der Waals surface area contributed by atoms with E-state index in [0.29, 0.717) is 13.1 Å². The van der Waals surface area contributed by atoms with Gasteiger partial charge in [-0.15, -0.1) is 0 Å². The molecule has 160 valence electrons. The maximum atomic E-state index is 15.3. The lowest BCUT2D eigenvalue weighted by Crippen LogP contribution is -2.53. The summed E-state index contributed by atoms with van der Waals surface area (Å²) in [6.45, 7) is 2.73. The summed E-state index contributed by atoms with van der Waals surface area (Å²) in [5.41, 5.74) is 4.96. The number of ether oxygens (including phenoxy) is 1. The average molecular weight is 419 g/mol. The van der Waals surface area contributed by atoms with Crippen molar-refractivity contribution in [2.45, 2.75) is 44.2 Å². The second kappa shape index (κ2) is 6.41. The summed E-state index contributed by atoms with van der Waals surface area (Å²) in [7, 11) is 0. The van der Waals surface area contributed by atoms with Crippen molar-refractivity contribution in [1.29, 1.82) is 0 Å². The molecule has 1 saturated carbocycles. The van der Waals surface area contributed by atoms with Gasteiger partial charge >= 0.3 is 5.97 Å². The van der Waals surface area contributed by atoms with Gasteiger partial charge in [-0.1, -0.05) is 0 Å². The molecule has 0 radical (unpaired) electrons. The van der Waals surface area contributed by atoms with E-state index in [4.69, 9.17) is 10.5 Å². The Morgan fingerprint density at radius 3 is 2.70 bits per heavy atom. The highest BCUT2D eigenvalue weighted by molar-refractivity contribution is 5.97. The molecule has 5 rings (SSSR count). The second-order valence-corrected chi connectivity index (χ2v) is 8.78. The molecule has 3 N–H and O–H groups in total. The van der Waals surface area contributed by atoms with Crippen LogP contribution in [0.3, 0.4) is 0 Å². The number of carboxylic acid groups (broad SMARTS) is 1. The van der Waals surface area contributed by atoms with Gasteiger partial charge in [0.2, 0.25) is 0 Å². The Bertz CT molecular complexity index is 1140. The molecule has 0 bridgehead atoms. The monoisotopic (exact) mass is 419 g/mol. The third-order valence-electron chi connectivity index (χ3n) is 7.04. The van der Waals surface area contributed by atoms with Gasteiger partial charge in [-0.2, -0.15) is 0 Å². The molecule has 1 aromatic heterocycles. The third kappa shape index (κ3) is 2.50. The lowest BCUT2D eigenvalue weighted by Gasteiger charge is -2.43. The zero-order valence-electron chi connectivity index (χ0n) is 16.6. The minimum absolute atomic E-state index is 0.00597. The van der Waals surface area contributed by atoms with Crippen molar-refractivity contribution >= 4 is 22.6 Å². The number of hydrogen-bond acceptors (Lipinski definition) is 5. The number of nitrogens with zero attached hydrogens (tertiary/aromatic N) is 2. The second-order valence-electron chi connectivity index (χ2n) is 8.78. The molecule has 30 heavy (non-hydrogen) atoms. The number of hydrogen-bond donors (Lipinski definition) is 2. The fourth-order valence-corrected chi connectivity index (χ4v) is 5.17. The van der Waals surface area contributed by atoms with Crippen LogP contribution >= 0.6 is 0 Å². The maximum absolute atomic E-state index is 15.3. The number of aromatic nitrogens is 1. The van der Waals surface area contributed by atoms with E-state index in [0.717, 1.165) is 31.7 Å². The van der Waals surface area contributed by atoms with E-state index in [1.807, 2.05) is 0 Å². The summed E-state index contributed by atoms with van der Waals surface area (Å²) in [6, 6.07) is 0.387. The minimum atomic E-state index is -1.48. The van der Waals surface area contributed by atoms with Gasteiger partial charge < -0.3 is 20.5 Å². The number of aromatic carboxylic acids is 1. The first-order valence-corrected chi connectivity index (χ1v) is 10.2. The van der Waals surface area contributed by atoms with Crippen LogP contribution in [0.5, 0.6) is 5.75 Å². The largest absolute Gasteiger partial charge is 0.487 e. The molecule has 7 nitrogen and oxygen atoms in total. The van der Waals surface area contributed by atoms with E-state index >= 15 is 8.78 Å². The molecule has 1 aliphatic carbocycles. The van der Waals surface area contributed by atoms with E-state index in [1.54, 1.807) is 11.8 Å². The van der Waals surface area contributed by atoms with Crippen molar-refractivity contribution in [3.63, 3.8) is 0 Å². The summed E-state index contributed by atoms with van der Waals surface area (Å²) in [5.74, 6) is -3.47. The van der Waals surface area contributed by atoms with Crippen LogP contribution in [0.25, 0.3) is 10.9 Å². The molecule has 2 aromatic rings. The van der Waals surface area contributed by atoms with Gasteiger partial charge in [0.1, 0.15) is 17.9 Å². The highest BCUT2D eigenvalue weighted by Crippen LogP contribution is 2.47. The maximum Gasteiger partial charge on any atom is 0.341 e. The number of pyridine rings is 1. The standard InChI is InChI=1S/C21H23F2N3O4/c1-10-9-30-18-16-12(7-13(20(28)29)19(27)26(10)16)14(22)15(23)17(18)25-6-3-11(8-25)21(24)4-2-5-21/h7,10-11H,2-6,8-9,24H2,1H3,(H,28,29)/t10-,11+/m0/s1. The van der Waals surface area contributed by atoms with Crippen LogP contribution < -0.4 is 20.9 Å². The Morgan fingerprint density at radius 1 is 1.33 bits per heavy atom. The number of carbonyl (C=O) groups is 1. The van der Waals surface area contributed by atoms with Gasteiger partial charge in [-0.25, -0.2) is 13.6 Å². The van der Waals surface area contributed by atoms with Gasteiger partial charge in [-0.3, -0.25) is 9.36 Å². The van der Waals surface area contributed by atoms with E-state index in [1.165, 1.54) is 4.57 Å². The van der Waals surface area contributed by atoms with E-state index < -0.39 is 34.8 Å². The zero-order chi connectivity index (χ0) is 21.4. The molecule has 0 amide bonds. The fraction of sp³-hybridized carbons (Fsp3) is 0.524. The van der Waals surface area contributed by atoms with Crippen LogP contribution in [-0.4, -0.2) is 40.9 Å². The van der Waals surface area contributed by atoms with Crippen LogP contribution in [-0.2, 0) is 0 Å². The van der Waals surface area contributed by atoms with Crippen molar-refractivity contribution in [3.05, 3.63) is 33.6 Å². The number of halogens is 2. The van der Waals surface area contributed by atoms with E-state index in [-0.39, 0.29) is 40.4 Å². The first-order chi connectivity index (χ1) is 14.2. The molecule has 2 atom stereocenters. The van der Waals surface area contributed by atoms with Crippen LogP contribution in [0.15, 0.2) is 10.9 Å². The molecule has 1 aromatic carbocycles. The van der Waals surface area contributed by atoms with Crippen LogP contribution in [0.4, 0.5) is 14.5 Å². The molecular weight excluding hydrogens is 396 g/mol. The summed E-state index contributed by atoms with van der Waals surface area (Å²) < 4.78 is 37.5. The normalized spacial score (nSPS) is 24.6. The lowest BCUT2D eigenvalue weighted by atomic mass is 9.68. The first-order valence-electron chi connectivity index (χ1n) is 10.2. The quantitative estimate of drug-likeness (QED) is 0.794. The SMILES string of the molecule is C[C@H]1COc2c(N3CC[C@@H](C4(N)CCC4)C3)c(F)c(F)c3cc(C(=O)O)c(=O)n1c23. The lowest BCUT2D eigenvalue weighted by molar-refractivity contribution is 0.0694. The highest BCUT2D eigenvalue weighted by atomic mass is 19.2. The highest BCUT2D eigenvalue weighted by Gasteiger charge is 2.45. The molecule has 1 saturated heterocycles. The zero-order valence-corrected chi connectivity index (χ0v) is 16.6. The van der Waals surface area contributed by atoms with Gasteiger partial charge in [0.05, 0.1) is 11.6 Å². The number of carboxylic acids is 1. The van der Waals surface area contributed by atoms with Crippen molar-refractivity contribution in [2.75, 3.05) is 24.6 Å². The third-order valence-corrected chi connectivity index (χ3v) is 7.04. The molecular formula is C21H23F2N3O4. The molecule has 3 aliphatic rings. The Morgan fingerprint density at radius 2 is 2.07 bits per heavy atom. The number of benzene rings is 1. The Hall–Kier alpha value is -2.68. The fourth-order valence-electron chi connectivity index (χ4n) is 5.17. The van der Waals surface area contributed by atoms with Gasteiger partial charge in [-0.05, 0) is 44.6 Å². The predicted molar refractivity (Wildman–Crippen MR) is 106 cm³/mol.